The summed E-state index contributed by atoms with van der Waals surface area (Å²) in [5.74, 6) is -0.272. The van der Waals surface area contributed by atoms with Crippen LogP contribution >= 0.6 is 0 Å². The summed E-state index contributed by atoms with van der Waals surface area (Å²) >= 11 is 0. The van der Waals surface area contributed by atoms with Crippen molar-refractivity contribution in [3.63, 3.8) is 0 Å². The van der Waals surface area contributed by atoms with Crippen LogP contribution in [0.15, 0.2) is 48.0 Å². The van der Waals surface area contributed by atoms with Crippen LogP contribution in [0.2, 0.25) is 0 Å². The molecule has 0 spiro atoms. The van der Waals surface area contributed by atoms with E-state index in [1.807, 2.05) is 6.92 Å². The topological polar surface area (TPSA) is 106 Å². The summed E-state index contributed by atoms with van der Waals surface area (Å²) in [6, 6.07) is 11.1. The Morgan fingerprint density at radius 1 is 1.06 bits per heavy atom. The first kappa shape index (κ1) is 24.1. The normalized spacial score (nSPS) is 17.3. The zero-order chi connectivity index (χ0) is 24.0. The maximum atomic E-state index is 13.0. The molecule has 1 heterocycles. The number of likely N-dealkylation sites (tertiary alicyclic amines) is 1. The van der Waals surface area contributed by atoms with E-state index >= 15 is 0 Å². The van der Waals surface area contributed by atoms with Crippen LogP contribution in [0.4, 0.5) is 0 Å². The fourth-order valence-corrected chi connectivity index (χ4v) is 3.87. The molecular weight excluding hydrogens is 426 g/mol. The number of aliphatic hydroxyl groups excluding tert-OH is 2. The number of ketones is 1. The van der Waals surface area contributed by atoms with Crippen molar-refractivity contribution in [2.45, 2.75) is 25.8 Å². The Bertz CT molecular complexity index is 1050. The van der Waals surface area contributed by atoms with E-state index in [1.165, 1.54) is 19.1 Å². The lowest BCUT2D eigenvalue weighted by Crippen LogP contribution is -2.30. The smallest absolute Gasteiger partial charge is 0.295 e. The first-order valence-electron chi connectivity index (χ1n) is 10.8. The second-order valence-corrected chi connectivity index (χ2v) is 7.56. The highest BCUT2D eigenvalue weighted by atomic mass is 16.5. The van der Waals surface area contributed by atoms with Crippen molar-refractivity contribution in [3.8, 4) is 17.2 Å². The van der Waals surface area contributed by atoms with Gasteiger partial charge >= 0.3 is 0 Å². The lowest BCUT2D eigenvalue weighted by Gasteiger charge is -2.25. The second kappa shape index (κ2) is 10.9. The van der Waals surface area contributed by atoms with E-state index in [1.54, 1.807) is 42.5 Å². The molecule has 33 heavy (non-hydrogen) atoms. The number of hydrogen-bond donors (Lipinski definition) is 2. The van der Waals surface area contributed by atoms with Gasteiger partial charge in [0.25, 0.3) is 11.7 Å². The maximum absolute atomic E-state index is 13.0. The molecule has 0 radical (unpaired) electrons. The predicted octanol–water partition coefficient (Wildman–Crippen LogP) is 3.30. The minimum absolute atomic E-state index is 0.00757. The molecule has 1 unspecified atom stereocenters. The van der Waals surface area contributed by atoms with Crippen molar-refractivity contribution < 1.29 is 34.0 Å². The van der Waals surface area contributed by atoms with Crippen LogP contribution in [0.1, 0.15) is 36.9 Å². The van der Waals surface area contributed by atoms with Crippen LogP contribution in [-0.2, 0) is 9.59 Å². The Morgan fingerprint density at radius 2 is 1.82 bits per heavy atom. The second-order valence-electron chi connectivity index (χ2n) is 7.56. The molecular formula is C25H29NO7. The number of carbonyl (C=O) groups is 2. The van der Waals surface area contributed by atoms with E-state index < -0.39 is 17.7 Å². The quantitative estimate of drug-likeness (QED) is 0.245. The lowest BCUT2D eigenvalue weighted by atomic mass is 9.95. The van der Waals surface area contributed by atoms with Gasteiger partial charge in [-0.3, -0.25) is 9.59 Å². The Morgan fingerprint density at radius 3 is 2.48 bits per heavy atom. The molecule has 2 aromatic carbocycles. The number of Topliss-reactive ketones (excluding diaryl/α,β-unsaturated/α-hetero) is 1. The standard InChI is InChI=1S/C25H29NO7/c1-4-11-26-22(16-7-5-8-18(14-16)33-13-6-12-27)21(24(29)25(26)30)23(28)17-9-10-19(31-2)20(15-17)32-3/h5,7-10,14-15,22,27-28H,4,6,11-13H2,1-3H3/b23-21+. The summed E-state index contributed by atoms with van der Waals surface area (Å²) in [6.07, 6.45) is 1.13. The summed E-state index contributed by atoms with van der Waals surface area (Å²) in [5.41, 5.74) is 0.988. The van der Waals surface area contributed by atoms with E-state index in [-0.39, 0.29) is 17.9 Å². The van der Waals surface area contributed by atoms with Gasteiger partial charge in [-0.1, -0.05) is 19.1 Å². The molecule has 0 aromatic heterocycles. The summed E-state index contributed by atoms with van der Waals surface area (Å²) in [7, 11) is 2.98. The van der Waals surface area contributed by atoms with Crippen LogP contribution in [0.5, 0.6) is 17.2 Å². The average molecular weight is 456 g/mol. The van der Waals surface area contributed by atoms with Crippen LogP contribution in [0.25, 0.3) is 5.76 Å². The monoisotopic (exact) mass is 455 g/mol. The fraction of sp³-hybridized carbons (Fsp3) is 0.360. The molecule has 1 aliphatic rings. The number of rotatable bonds is 10. The minimum Gasteiger partial charge on any atom is -0.507 e. The molecule has 0 saturated carbocycles. The number of nitrogens with zero attached hydrogens (tertiary/aromatic N) is 1. The highest BCUT2D eigenvalue weighted by molar-refractivity contribution is 6.46. The molecule has 0 bridgehead atoms. The number of methoxy groups -OCH3 is 2. The predicted molar refractivity (Wildman–Crippen MR) is 122 cm³/mol. The van der Waals surface area contributed by atoms with Crippen molar-refractivity contribution in [1.29, 1.82) is 0 Å². The number of ether oxygens (including phenoxy) is 3. The van der Waals surface area contributed by atoms with E-state index in [4.69, 9.17) is 19.3 Å². The molecule has 0 aliphatic carbocycles. The number of amides is 1. The maximum Gasteiger partial charge on any atom is 0.295 e. The van der Waals surface area contributed by atoms with Gasteiger partial charge in [0.2, 0.25) is 0 Å². The van der Waals surface area contributed by atoms with Gasteiger partial charge in [0, 0.05) is 25.1 Å². The number of benzene rings is 2. The number of aliphatic hydroxyl groups is 2. The molecule has 1 amide bonds. The van der Waals surface area contributed by atoms with E-state index in [9.17, 15) is 14.7 Å². The average Bonchev–Trinajstić information content (AvgIpc) is 3.08. The molecule has 3 rings (SSSR count). The molecule has 2 N–H and O–H groups in total. The van der Waals surface area contributed by atoms with Crippen molar-refractivity contribution in [3.05, 3.63) is 59.2 Å². The van der Waals surface area contributed by atoms with Crippen molar-refractivity contribution in [2.75, 3.05) is 34.0 Å². The van der Waals surface area contributed by atoms with Crippen molar-refractivity contribution >= 4 is 17.4 Å². The van der Waals surface area contributed by atoms with Crippen LogP contribution in [-0.4, -0.2) is 60.8 Å². The summed E-state index contributed by atoms with van der Waals surface area (Å²) in [6.45, 7) is 2.62. The van der Waals surface area contributed by atoms with Crippen LogP contribution < -0.4 is 14.2 Å². The Labute approximate surface area is 193 Å². The lowest BCUT2D eigenvalue weighted by molar-refractivity contribution is -0.139. The Hall–Kier alpha value is -3.52. The van der Waals surface area contributed by atoms with E-state index in [0.29, 0.717) is 54.4 Å². The largest absolute Gasteiger partial charge is 0.507 e. The highest BCUT2D eigenvalue weighted by Crippen LogP contribution is 2.41. The molecule has 176 valence electrons. The van der Waals surface area contributed by atoms with Gasteiger partial charge in [0.05, 0.1) is 32.4 Å². The zero-order valence-electron chi connectivity index (χ0n) is 19.0. The van der Waals surface area contributed by atoms with Gasteiger partial charge in [-0.25, -0.2) is 0 Å². The van der Waals surface area contributed by atoms with Crippen LogP contribution in [0, 0.1) is 0 Å². The third-order valence-corrected chi connectivity index (χ3v) is 5.41. The van der Waals surface area contributed by atoms with E-state index in [0.717, 1.165) is 0 Å². The van der Waals surface area contributed by atoms with E-state index in [2.05, 4.69) is 0 Å². The third-order valence-electron chi connectivity index (χ3n) is 5.41. The molecule has 8 heteroatoms. The fourth-order valence-electron chi connectivity index (χ4n) is 3.87. The van der Waals surface area contributed by atoms with Crippen LogP contribution in [0.3, 0.4) is 0 Å². The summed E-state index contributed by atoms with van der Waals surface area (Å²) < 4.78 is 16.2. The van der Waals surface area contributed by atoms with Gasteiger partial charge in [0.1, 0.15) is 11.5 Å². The number of carbonyl (C=O) groups excluding carboxylic acids is 2. The van der Waals surface area contributed by atoms with Gasteiger partial charge < -0.3 is 29.3 Å². The molecule has 1 atom stereocenters. The summed E-state index contributed by atoms with van der Waals surface area (Å²) in [5, 5.41) is 20.2. The Balaban J connectivity index is 2.11. The molecule has 1 saturated heterocycles. The molecule has 1 aliphatic heterocycles. The molecule has 2 aromatic rings. The van der Waals surface area contributed by atoms with Gasteiger partial charge in [-0.05, 0) is 42.3 Å². The highest BCUT2D eigenvalue weighted by Gasteiger charge is 2.45. The molecule has 1 fully saturated rings. The third kappa shape index (κ3) is 4.96. The summed E-state index contributed by atoms with van der Waals surface area (Å²) in [4.78, 5) is 27.4. The first-order chi connectivity index (χ1) is 16.0. The van der Waals surface area contributed by atoms with Gasteiger partial charge in [0.15, 0.2) is 11.5 Å². The molecule has 8 nitrogen and oxygen atoms in total. The SMILES string of the molecule is CCCN1C(=O)C(=O)/C(=C(/O)c2ccc(OC)c(OC)c2)C1c1cccc(OCCCO)c1. The first-order valence-corrected chi connectivity index (χ1v) is 10.8. The Kier molecular flexibility index (Phi) is 7.95. The van der Waals surface area contributed by atoms with Gasteiger partial charge in [-0.2, -0.15) is 0 Å². The minimum atomic E-state index is -0.764. The zero-order valence-corrected chi connectivity index (χ0v) is 19.0. The van der Waals surface area contributed by atoms with Gasteiger partial charge in [-0.15, -0.1) is 0 Å². The number of hydrogen-bond acceptors (Lipinski definition) is 7. The van der Waals surface area contributed by atoms with Crippen molar-refractivity contribution in [2.24, 2.45) is 0 Å². The van der Waals surface area contributed by atoms with Crippen molar-refractivity contribution in [1.82, 2.24) is 4.90 Å².